The Labute approximate surface area is 136 Å². The van der Waals surface area contributed by atoms with Crippen LogP contribution < -0.4 is 0 Å². The zero-order valence-electron chi connectivity index (χ0n) is 11.9. The highest BCUT2D eigenvalue weighted by Gasteiger charge is 2.13. The summed E-state index contributed by atoms with van der Waals surface area (Å²) >= 11 is 3.63. The van der Waals surface area contributed by atoms with E-state index >= 15 is 0 Å². The van der Waals surface area contributed by atoms with Crippen LogP contribution in [0, 0.1) is 0 Å². The van der Waals surface area contributed by atoms with Crippen molar-refractivity contribution in [3.8, 4) is 0 Å². The Bertz CT molecular complexity index is 1100. The highest BCUT2D eigenvalue weighted by Crippen LogP contribution is 2.41. The van der Waals surface area contributed by atoms with E-state index in [2.05, 4.69) is 82.7 Å². The molecule has 5 aromatic rings. The average molecular weight is 345 g/mol. The molecule has 0 amide bonds. The van der Waals surface area contributed by atoms with Crippen LogP contribution >= 0.6 is 15.9 Å². The lowest BCUT2D eigenvalue weighted by molar-refractivity contribution is 1.50. The van der Waals surface area contributed by atoms with Crippen LogP contribution in [0.25, 0.3) is 43.1 Å². The third-order valence-corrected chi connectivity index (χ3v) is 5.36. The second-order valence-corrected chi connectivity index (χ2v) is 6.40. The summed E-state index contributed by atoms with van der Waals surface area (Å²) < 4.78 is 0. The van der Waals surface area contributed by atoms with E-state index in [1.807, 2.05) is 0 Å². The van der Waals surface area contributed by atoms with Crippen molar-refractivity contribution in [2.75, 3.05) is 0 Å². The van der Waals surface area contributed by atoms with Gasteiger partial charge in [-0.2, -0.15) is 0 Å². The minimum Gasteiger partial charge on any atom is -0.0876 e. The first-order chi connectivity index (χ1) is 10.9. The van der Waals surface area contributed by atoms with Gasteiger partial charge in [-0.1, -0.05) is 82.7 Å². The fourth-order valence-electron chi connectivity index (χ4n) is 3.82. The predicted octanol–water partition coefficient (Wildman–Crippen LogP) is 6.63. The third-order valence-electron chi connectivity index (χ3n) is 4.76. The van der Waals surface area contributed by atoms with Gasteiger partial charge in [-0.15, -0.1) is 0 Å². The Kier molecular flexibility index (Phi) is 2.51. The Morgan fingerprint density at radius 3 is 1.77 bits per heavy atom. The van der Waals surface area contributed by atoms with Gasteiger partial charge >= 0.3 is 0 Å². The van der Waals surface area contributed by atoms with E-state index < -0.39 is 0 Å². The van der Waals surface area contributed by atoms with Gasteiger partial charge in [0, 0.05) is 5.33 Å². The van der Waals surface area contributed by atoms with Crippen molar-refractivity contribution in [3.63, 3.8) is 0 Å². The van der Waals surface area contributed by atoms with E-state index in [1.165, 1.54) is 48.7 Å². The number of hydrogen-bond acceptors (Lipinski definition) is 0. The van der Waals surface area contributed by atoms with Gasteiger partial charge in [0.2, 0.25) is 0 Å². The molecule has 0 unspecified atom stereocenters. The van der Waals surface area contributed by atoms with Crippen molar-refractivity contribution < 1.29 is 0 Å². The molecule has 0 saturated carbocycles. The molecule has 0 fully saturated rings. The highest BCUT2D eigenvalue weighted by molar-refractivity contribution is 9.08. The molecule has 22 heavy (non-hydrogen) atoms. The number of hydrogen-bond donors (Lipinski definition) is 0. The Morgan fingerprint density at radius 2 is 1.09 bits per heavy atom. The van der Waals surface area contributed by atoms with E-state index in [0.717, 1.165) is 5.33 Å². The van der Waals surface area contributed by atoms with Gasteiger partial charge in [0.1, 0.15) is 0 Å². The number of rotatable bonds is 1. The lowest BCUT2D eigenvalue weighted by Crippen LogP contribution is -1.89. The third kappa shape index (κ3) is 1.47. The van der Waals surface area contributed by atoms with Gasteiger partial charge in [-0.05, 0) is 48.7 Å². The molecule has 0 spiro atoms. The first kappa shape index (κ1) is 12.4. The van der Waals surface area contributed by atoms with Gasteiger partial charge in [0.25, 0.3) is 0 Å². The molecular weight excluding hydrogens is 332 g/mol. The van der Waals surface area contributed by atoms with Crippen LogP contribution in [-0.2, 0) is 5.33 Å². The standard InChI is InChI=1S/C21H13Br/c22-12-14-10-11-19-17-8-2-5-13-4-1-7-16(20(13)17)18-9-3-6-15(14)21(18)19/h1-11H,12H2. The zero-order valence-corrected chi connectivity index (χ0v) is 13.5. The van der Waals surface area contributed by atoms with E-state index in [-0.39, 0.29) is 0 Å². The second-order valence-electron chi connectivity index (χ2n) is 5.84. The molecule has 0 atom stereocenters. The molecule has 0 radical (unpaired) electrons. The SMILES string of the molecule is BrCc1ccc2c3cccc4cccc(c5cccc1c52)c43. The molecule has 0 aliphatic heterocycles. The molecule has 0 heterocycles. The molecule has 0 nitrogen and oxygen atoms in total. The van der Waals surface area contributed by atoms with Crippen molar-refractivity contribution in [1.29, 1.82) is 0 Å². The Balaban J connectivity index is 2.23. The van der Waals surface area contributed by atoms with Crippen LogP contribution in [-0.4, -0.2) is 0 Å². The summed E-state index contributed by atoms with van der Waals surface area (Å²) in [7, 11) is 0. The van der Waals surface area contributed by atoms with Crippen LogP contribution in [0.15, 0.2) is 66.7 Å². The van der Waals surface area contributed by atoms with Crippen LogP contribution in [0.3, 0.4) is 0 Å². The lowest BCUT2D eigenvalue weighted by atomic mass is 9.89. The molecule has 0 aliphatic rings. The molecule has 0 bridgehead atoms. The summed E-state index contributed by atoms with van der Waals surface area (Å²) in [6.45, 7) is 0. The summed E-state index contributed by atoms with van der Waals surface area (Å²) in [5, 5.41) is 11.8. The quantitative estimate of drug-likeness (QED) is 0.182. The molecule has 5 aromatic carbocycles. The van der Waals surface area contributed by atoms with Gasteiger partial charge in [0.15, 0.2) is 0 Å². The van der Waals surface area contributed by atoms with Crippen molar-refractivity contribution in [2.45, 2.75) is 5.33 Å². The number of alkyl halides is 1. The molecule has 0 saturated heterocycles. The fourth-order valence-corrected chi connectivity index (χ4v) is 4.31. The van der Waals surface area contributed by atoms with Gasteiger partial charge in [0.05, 0.1) is 0 Å². The maximum atomic E-state index is 3.63. The van der Waals surface area contributed by atoms with Gasteiger partial charge < -0.3 is 0 Å². The Morgan fingerprint density at radius 1 is 0.545 bits per heavy atom. The first-order valence-corrected chi connectivity index (χ1v) is 8.64. The summed E-state index contributed by atoms with van der Waals surface area (Å²) in [5.74, 6) is 0. The van der Waals surface area contributed by atoms with Gasteiger partial charge in [-0.25, -0.2) is 0 Å². The summed E-state index contributed by atoms with van der Waals surface area (Å²) in [6, 6.07) is 24.5. The van der Waals surface area contributed by atoms with Crippen LogP contribution in [0.4, 0.5) is 0 Å². The van der Waals surface area contributed by atoms with Crippen LogP contribution in [0.5, 0.6) is 0 Å². The second kappa shape index (κ2) is 4.44. The molecule has 0 N–H and O–H groups in total. The fraction of sp³-hybridized carbons (Fsp3) is 0.0476. The normalized spacial score (nSPS) is 12.0. The summed E-state index contributed by atoms with van der Waals surface area (Å²) in [4.78, 5) is 0. The molecule has 0 aliphatic carbocycles. The number of fused-ring (bicyclic) bond motifs is 2. The van der Waals surface area contributed by atoms with Gasteiger partial charge in [-0.3, -0.25) is 0 Å². The monoisotopic (exact) mass is 344 g/mol. The van der Waals surface area contributed by atoms with E-state index in [9.17, 15) is 0 Å². The van der Waals surface area contributed by atoms with Crippen molar-refractivity contribution in [3.05, 3.63) is 72.3 Å². The first-order valence-electron chi connectivity index (χ1n) is 7.51. The van der Waals surface area contributed by atoms with E-state index in [1.54, 1.807) is 0 Å². The smallest absolute Gasteiger partial charge is 0.0289 e. The largest absolute Gasteiger partial charge is 0.0876 e. The van der Waals surface area contributed by atoms with Crippen LogP contribution in [0.2, 0.25) is 0 Å². The lowest BCUT2D eigenvalue weighted by Gasteiger charge is -2.15. The number of halogens is 1. The average Bonchev–Trinajstić information content (AvgIpc) is 2.59. The molecular formula is C21H13Br. The Hall–Kier alpha value is -2.12. The molecule has 1 heteroatoms. The van der Waals surface area contributed by atoms with Crippen molar-refractivity contribution in [2.24, 2.45) is 0 Å². The predicted molar refractivity (Wildman–Crippen MR) is 100 cm³/mol. The minimum atomic E-state index is 0.888. The van der Waals surface area contributed by atoms with Crippen molar-refractivity contribution in [1.82, 2.24) is 0 Å². The highest BCUT2D eigenvalue weighted by atomic mass is 79.9. The maximum absolute atomic E-state index is 3.63. The van der Waals surface area contributed by atoms with E-state index in [4.69, 9.17) is 0 Å². The molecule has 104 valence electrons. The zero-order chi connectivity index (χ0) is 14.7. The topological polar surface area (TPSA) is 0 Å². The molecule has 5 rings (SSSR count). The summed E-state index contributed by atoms with van der Waals surface area (Å²) in [6.07, 6.45) is 0. The minimum absolute atomic E-state index is 0.888. The number of benzene rings is 5. The van der Waals surface area contributed by atoms with E-state index in [0.29, 0.717) is 0 Å². The molecule has 0 aromatic heterocycles. The van der Waals surface area contributed by atoms with Crippen molar-refractivity contribution >= 4 is 59.0 Å². The van der Waals surface area contributed by atoms with Crippen LogP contribution in [0.1, 0.15) is 5.56 Å². The maximum Gasteiger partial charge on any atom is 0.0289 e. The summed E-state index contributed by atoms with van der Waals surface area (Å²) in [5.41, 5.74) is 1.35.